The molecule has 0 bridgehead atoms. The van der Waals surface area contributed by atoms with Gasteiger partial charge in [-0.15, -0.1) is 0 Å². The van der Waals surface area contributed by atoms with Gasteiger partial charge in [-0.25, -0.2) is 4.90 Å². The smallest absolute Gasteiger partial charge is 0.265 e. The molecule has 0 aliphatic carbocycles. The highest BCUT2D eigenvalue weighted by Crippen LogP contribution is 2.33. The van der Waals surface area contributed by atoms with E-state index in [1.807, 2.05) is 24.3 Å². The minimum Gasteiger partial charge on any atom is -0.497 e. The number of methoxy groups -OCH3 is 1. The average Bonchev–Trinajstić information content (AvgIpc) is 2.83. The first kappa shape index (κ1) is 19.5. The van der Waals surface area contributed by atoms with Gasteiger partial charge in [0.2, 0.25) is 0 Å². The Morgan fingerprint density at radius 2 is 1.44 bits per heavy atom. The van der Waals surface area contributed by atoms with Crippen LogP contribution in [0.5, 0.6) is 5.75 Å². The quantitative estimate of drug-likeness (QED) is 0.475. The third kappa shape index (κ3) is 3.18. The van der Waals surface area contributed by atoms with Crippen molar-refractivity contribution in [3.63, 3.8) is 0 Å². The summed E-state index contributed by atoms with van der Waals surface area (Å²) in [6.07, 6.45) is 0. The highest BCUT2D eigenvalue weighted by molar-refractivity contribution is 6.35. The van der Waals surface area contributed by atoms with Crippen molar-refractivity contribution >= 4 is 39.9 Å². The van der Waals surface area contributed by atoms with E-state index in [-0.39, 0.29) is 17.7 Å². The van der Waals surface area contributed by atoms with Gasteiger partial charge < -0.3 is 10.1 Å². The second-order valence-corrected chi connectivity index (χ2v) is 7.39. The molecule has 1 aliphatic heterocycles. The van der Waals surface area contributed by atoms with Gasteiger partial charge in [-0.05, 0) is 60.0 Å². The number of rotatable bonds is 4. The zero-order chi connectivity index (χ0) is 22.2. The highest BCUT2D eigenvalue weighted by Gasteiger charge is 2.33. The summed E-state index contributed by atoms with van der Waals surface area (Å²) < 4.78 is 5.15. The number of anilines is 2. The van der Waals surface area contributed by atoms with Crippen molar-refractivity contribution < 1.29 is 19.1 Å². The van der Waals surface area contributed by atoms with Gasteiger partial charge in [-0.1, -0.05) is 30.3 Å². The molecule has 6 nitrogen and oxygen atoms in total. The third-order valence-electron chi connectivity index (χ3n) is 5.49. The molecule has 5 rings (SSSR count). The molecule has 0 aromatic heterocycles. The van der Waals surface area contributed by atoms with Gasteiger partial charge in [0.15, 0.2) is 0 Å². The molecule has 0 atom stereocenters. The fourth-order valence-electron chi connectivity index (χ4n) is 3.93. The lowest BCUT2D eigenvalue weighted by atomic mass is 9.94. The maximum atomic E-state index is 13.1. The minimum absolute atomic E-state index is 0.289. The largest absolute Gasteiger partial charge is 0.497 e. The van der Waals surface area contributed by atoms with E-state index < -0.39 is 0 Å². The van der Waals surface area contributed by atoms with E-state index in [0.717, 1.165) is 5.39 Å². The number of carbonyl (C=O) groups is 3. The van der Waals surface area contributed by atoms with Crippen molar-refractivity contribution in [2.75, 3.05) is 17.3 Å². The highest BCUT2D eigenvalue weighted by atomic mass is 16.5. The molecule has 6 heteroatoms. The summed E-state index contributed by atoms with van der Waals surface area (Å²) in [6.45, 7) is 0. The summed E-state index contributed by atoms with van der Waals surface area (Å²) in [5, 5.41) is 4.35. The number of imide groups is 1. The van der Waals surface area contributed by atoms with Crippen LogP contribution in [-0.4, -0.2) is 24.8 Å². The summed E-state index contributed by atoms with van der Waals surface area (Å²) in [5.41, 5.74) is 2.42. The summed E-state index contributed by atoms with van der Waals surface area (Å²) in [7, 11) is 1.54. The summed E-state index contributed by atoms with van der Waals surface area (Å²) in [4.78, 5) is 40.0. The van der Waals surface area contributed by atoms with Crippen molar-refractivity contribution in [2.24, 2.45) is 0 Å². The molecule has 0 spiro atoms. The Morgan fingerprint density at radius 1 is 0.812 bits per heavy atom. The van der Waals surface area contributed by atoms with Crippen LogP contribution in [0.4, 0.5) is 11.4 Å². The molecule has 1 N–H and O–H groups in total. The molecular formula is C26H18N2O4. The molecule has 1 heterocycles. The Hall–Kier alpha value is -4.45. The van der Waals surface area contributed by atoms with Crippen LogP contribution in [-0.2, 0) is 0 Å². The van der Waals surface area contributed by atoms with Gasteiger partial charge >= 0.3 is 0 Å². The topological polar surface area (TPSA) is 75.7 Å². The van der Waals surface area contributed by atoms with E-state index in [9.17, 15) is 14.4 Å². The third-order valence-corrected chi connectivity index (χ3v) is 5.49. The number of benzene rings is 4. The Balaban J connectivity index is 1.42. The van der Waals surface area contributed by atoms with Crippen molar-refractivity contribution in [3.8, 4) is 5.75 Å². The van der Waals surface area contributed by atoms with Gasteiger partial charge in [-0.3, -0.25) is 14.4 Å². The normalized spacial score (nSPS) is 12.7. The van der Waals surface area contributed by atoms with Crippen LogP contribution in [0, 0.1) is 0 Å². The summed E-state index contributed by atoms with van der Waals surface area (Å²) in [6, 6.07) is 24.3. The maximum Gasteiger partial charge on any atom is 0.265 e. The molecule has 1 aliphatic rings. The molecule has 4 aromatic rings. The first-order chi connectivity index (χ1) is 15.6. The summed E-state index contributed by atoms with van der Waals surface area (Å²) in [5.74, 6) is -0.437. The monoisotopic (exact) mass is 422 g/mol. The number of carbonyl (C=O) groups excluding carboxylic acids is 3. The SMILES string of the molecule is COc1cccc(C(=O)Nc2ccc(N3C(=O)c4cccc5cccc(c45)C3=O)cc2)c1. The van der Waals surface area contributed by atoms with E-state index in [4.69, 9.17) is 4.74 Å². The van der Waals surface area contributed by atoms with Crippen LogP contribution in [0.2, 0.25) is 0 Å². The van der Waals surface area contributed by atoms with E-state index in [2.05, 4.69) is 5.32 Å². The van der Waals surface area contributed by atoms with E-state index in [0.29, 0.717) is 39.2 Å². The molecular weight excluding hydrogens is 404 g/mol. The average molecular weight is 422 g/mol. The second-order valence-electron chi connectivity index (χ2n) is 7.39. The number of ether oxygens (including phenoxy) is 1. The number of nitrogens with zero attached hydrogens (tertiary/aromatic N) is 1. The standard InChI is InChI=1S/C26H18N2O4/c1-32-20-8-2-7-17(15-20)24(29)27-18-11-13-19(14-12-18)28-25(30)21-9-3-5-16-6-4-10-22(23(16)21)26(28)31/h2-15H,1H3,(H,27,29). The number of nitrogens with one attached hydrogen (secondary N) is 1. The Morgan fingerprint density at radius 3 is 2.06 bits per heavy atom. The van der Waals surface area contributed by atoms with Gasteiger partial charge in [0.1, 0.15) is 5.75 Å². The Labute approximate surface area is 184 Å². The van der Waals surface area contributed by atoms with Gasteiger partial charge in [0.05, 0.1) is 12.8 Å². The minimum atomic E-state index is -0.368. The number of amides is 3. The second kappa shape index (κ2) is 7.67. The van der Waals surface area contributed by atoms with Crippen LogP contribution < -0.4 is 15.0 Å². The molecule has 4 aromatic carbocycles. The van der Waals surface area contributed by atoms with Gasteiger partial charge in [0, 0.05) is 27.8 Å². The fourth-order valence-corrected chi connectivity index (χ4v) is 3.93. The lowest BCUT2D eigenvalue weighted by Gasteiger charge is -2.27. The first-order valence-corrected chi connectivity index (χ1v) is 10.0. The molecule has 0 unspecified atom stereocenters. The van der Waals surface area contributed by atoms with Crippen molar-refractivity contribution in [1.29, 1.82) is 0 Å². The van der Waals surface area contributed by atoms with Crippen LogP contribution >= 0.6 is 0 Å². The zero-order valence-corrected chi connectivity index (χ0v) is 17.2. The molecule has 3 amide bonds. The molecule has 0 saturated heterocycles. The van der Waals surface area contributed by atoms with Gasteiger partial charge in [0.25, 0.3) is 17.7 Å². The lowest BCUT2D eigenvalue weighted by molar-refractivity contribution is 0.0892. The van der Waals surface area contributed by atoms with Crippen molar-refractivity contribution in [3.05, 3.63) is 102 Å². The van der Waals surface area contributed by atoms with Crippen molar-refractivity contribution in [1.82, 2.24) is 0 Å². The van der Waals surface area contributed by atoms with Crippen LogP contribution in [0.25, 0.3) is 10.8 Å². The molecule has 156 valence electrons. The fraction of sp³-hybridized carbons (Fsp3) is 0.0385. The Bertz CT molecular complexity index is 1340. The van der Waals surface area contributed by atoms with Crippen LogP contribution in [0.1, 0.15) is 31.1 Å². The predicted molar refractivity (Wildman–Crippen MR) is 122 cm³/mol. The molecule has 0 saturated carbocycles. The predicted octanol–water partition coefficient (Wildman–Crippen LogP) is 4.90. The van der Waals surface area contributed by atoms with Crippen molar-refractivity contribution in [2.45, 2.75) is 0 Å². The van der Waals surface area contributed by atoms with E-state index in [1.54, 1.807) is 60.7 Å². The van der Waals surface area contributed by atoms with E-state index >= 15 is 0 Å². The number of hydrogen-bond acceptors (Lipinski definition) is 4. The lowest BCUT2D eigenvalue weighted by Crippen LogP contribution is -2.40. The van der Waals surface area contributed by atoms with E-state index in [1.165, 1.54) is 12.0 Å². The van der Waals surface area contributed by atoms with Crippen LogP contribution in [0.3, 0.4) is 0 Å². The molecule has 0 radical (unpaired) electrons. The molecule has 32 heavy (non-hydrogen) atoms. The molecule has 0 fully saturated rings. The van der Waals surface area contributed by atoms with Gasteiger partial charge in [-0.2, -0.15) is 0 Å². The van der Waals surface area contributed by atoms with Crippen LogP contribution in [0.15, 0.2) is 84.9 Å². The number of hydrogen-bond donors (Lipinski definition) is 1. The maximum absolute atomic E-state index is 13.1. The zero-order valence-electron chi connectivity index (χ0n) is 17.2. The first-order valence-electron chi connectivity index (χ1n) is 10.0. The Kier molecular flexibility index (Phi) is 4.67. The summed E-state index contributed by atoms with van der Waals surface area (Å²) >= 11 is 0.